The van der Waals surface area contributed by atoms with Crippen molar-refractivity contribution >= 4 is 21.9 Å². The largest absolute Gasteiger partial charge is 0.455 e. The van der Waals surface area contributed by atoms with Gasteiger partial charge >= 0.3 is 0 Å². The van der Waals surface area contributed by atoms with E-state index in [1.807, 2.05) is 85.2 Å². The summed E-state index contributed by atoms with van der Waals surface area (Å²) >= 11 is 0. The highest BCUT2D eigenvalue weighted by Crippen LogP contribution is 2.42. The molecule has 4 heterocycles. The monoisotopic (exact) mass is 705 g/mol. The van der Waals surface area contributed by atoms with E-state index in [0.29, 0.717) is 17.5 Å². The predicted octanol–water partition coefficient (Wildman–Crippen LogP) is 12.2. The van der Waals surface area contributed by atoms with E-state index < -0.39 is 0 Å². The van der Waals surface area contributed by atoms with E-state index in [9.17, 15) is 0 Å². The number of fused-ring (bicyclic) bond motifs is 3. The first-order chi connectivity index (χ1) is 27.2. The molecule has 0 radical (unpaired) electrons. The average Bonchev–Trinajstić information content (AvgIpc) is 3.67. The number of furan rings is 1. The van der Waals surface area contributed by atoms with Crippen molar-refractivity contribution < 1.29 is 4.42 Å². The van der Waals surface area contributed by atoms with Crippen LogP contribution in [0.15, 0.2) is 193 Å². The lowest BCUT2D eigenvalue weighted by atomic mass is 9.93. The van der Waals surface area contributed by atoms with Crippen molar-refractivity contribution in [2.24, 2.45) is 0 Å². The lowest BCUT2D eigenvalue weighted by Gasteiger charge is -2.11. The minimum atomic E-state index is 0.616. The van der Waals surface area contributed by atoms with Crippen molar-refractivity contribution in [1.82, 2.24) is 24.9 Å². The van der Waals surface area contributed by atoms with E-state index in [-0.39, 0.29) is 0 Å². The van der Waals surface area contributed by atoms with E-state index in [2.05, 4.69) is 101 Å². The molecule has 0 saturated heterocycles. The summed E-state index contributed by atoms with van der Waals surface area (Å²) in [6, 6.07) is 55.9. The van der Waals surface area contributed by atoms with Crippen LogP contribution in [-0.2, 0) is 0 Å². The van der Waals surface area contributed by atoms with Gasteiger partial charge in [0.15, 0.2) is 17.5 Å². The van der Waals surface area contributed by atoms with E-state index in [1.54, 1.807) is 12.4 Å². The van der Waals surface area contributed by atoms with Crippen LogP contribution in [0.5, 0.6) is 0 Å². The zero-order valence-corrected chi connectivity index (χ0v) is 29.5. The van der Waals surface area contributed by atoms with Crippen molar-refractivity contribution in [3.63, 3.8) is 0 Å². The Bertz CT molecular complexity index is 2830. The number of hydrogen-bond acceptors (Lipinski definition) is 6. The molecule has 258 valence electrons. The Morgan fingerprint density at radius 3 is 1.20 bits per heavy atom. The number of benzene rings is 6. The Hall–Kier alpha value is -7.57. The van der Waals surface area contributed by atoms with Crippen LogP contribution in [0, 0.1) is 0 Å². The van der Waals surface area contributed by atoms with E-state index in [1.165, 1.54) is 0 Å². The van der Waals surface area contributed by atoms with Gasteiger partial charge in [-0.3, -0.25) is 9.97 Å². The summed E-state index contributed by atoms with van der Waals surface area (Å²) in [5.41, 5.74) is 12.8. The van der Waals surface area contributed by atoms with Crippen molar-refractivity contribution in [3.8, 4) is 78.7 Å². The van der Waals surface area contributed by atoms with Crippen LogP contribution in [-0.4, -0.2) is 24.9 Å². The molecule has 0 atom stereocenters. The summed E-state index contributed by atoms with van der Waals surface area (Å²) < 4.78 is 6.90. The highest BCUT2D eigenvalue weighted by molar-refractivity contribution is 6.13. The molecule has 0 amide bonds. The van der Waals surface area contributed by atoms with Gasteiger partial charge in [0.1, 0.15) is 11.2 Å². The van der Waals surface area contributed by atoms with Crippen molar-refractivity contribution in [1.29, 1.82) is 0 Å². The normalized spacial score (nSPS) is 11.3. The predicted molar refractivity (Wildman–Crippen MR) is 221 cm³/mol. The highest BCUT2D eigenvalue weighted by Gasteiger charge is 2.18. The van der Waals surface area contributed by atoms with Gasteiger partial charge in [-0.1, -0.05) is 133 Å². The number of rotatable bonds is 7. The topological polar surface area (TPSA) is 77.6 Å². The maximum Gasteiger partial charge on any atom is 0.164 e. The van der Waals surface area contributed by atoms with Gasteiger partial charge in [0.25, 0.3) is 0 Å². The van der Waals surface area contributed by atoms with Gasteiger partial charge in [-0.2, -0.15) is 0 Å². The Labute approximate surface area is 317 Å². The number of hydrogen-bond donors (Lipinski definition) is 0. The molecule has 0 bridgehead atoms. The first kappa shape index (κ1) is 32.1. The summed E-state index contributed by atoms with van der Waals surface area (Å²) in [5, 5.41) is 2.12. The molecule has 6 heteroatoms. The van der Waals surface area contributed by atoms with Gasteiger partial charge in [0.2, 0.25) is 0 Å². The molecule has 0 unspecified atom stereocenters. The summed E-state index contributed by atoms with van der Waals surface area (Å²) in [4.78, 5) is 23.5. The quantitative estimate of drug-likeness (QED) is 0.164. The fourth-order valence-corrected chi connectivity index (χ4v) is 7.19. The molecule has 10 rings (SSSR count). The second-order valence-electron chi connectivity index (χ2n) is 13.4. The van der Waals surface area contributed by atoms with Crippen LogP contribution in [0.1, 0.15) is 0 Å². The van der Waals surface area contributed by atoms with Crippen LogP contribution in [0.4, 0.5) is 0 Å². The minimum absolute atomic E-state index is 0.616. The molecule has 4 aromatic heterocycles. The molecular formula is C49H31N5O. The lowest BCUT2D eigenvalue weighted by molar-refractivity contribution is 0.671. The van der Waals surface area contributed by atoms with Crippen molar-refractivity contribution in [3.05, 3.63) is 189 Å². The van der Waals surface area contributed by atoms with Crippen LogP contribution in [0.25, 0.3) is 101 Å². The third kappa shape index (κ3) is 6.11. The van der Waals surface area contributed by atoms with Crippen LogP contribution in [0.3, 0.4) is 0 Å². The molecule has 0 N–H and O–H groups in total. The maximum atomic E-state index is 6.90. The molecule has 6 nitrogen and oxygen atoms in total. The zero-order valence-electron chi connectivity index (χ0n) is 29.5. The summed E-state index contributed by atoms with van der Waals surface area (Å²) in [7, 11) is 0. The molecule has 55 heavy (non-hydrogen) atoms. The summed E-state index contributed by atoms with van der Waals surface area (Å²) in [6.07, 6.45) is 7.39. The minimum Gasteiger partial charge on any atom is -0.455 e. The number of pyridine rings is 2. The first-order valence-electron chi connectivity index (χ1n) is 18.1. The second kappa shape index (κ2) is 13.8. The molecule has 0 spiro atoms. The van der Waals surface area contributed by atoms with Crippen LogP contribution in [0.2, 0.25) is 0 Å². The van der Waals surface area contributed by atoms with Gasteiger partial charge in [-0.15, -0.1) is 0 Å². The molecule has 10 aromatic rings. The fourth-order valence-electron chi connectivity index (χ4n) is 7.19. The van der Waals surface area contributed by atoms with E-state index in [4.69, 9.17) is 19.4 Å². The third-order valence-electron chi connectivity index (χ3n) is 9.91. The molecule has 0 aliphatic rings. The number of aromatic nitrogens is 5. The molecule has 0 saturated carbocycles. The van der Waals surface area contributed by atoms with Crippen molar-refractivity contribution in [2.45, 2.75) is 0 Å². The Morgan fingerprint density at radius 2 is 0.727 bits per heavy atom. The molecule has 0 fully saturated rings. The number of para-hydroxylation sites is 2. The number of nitrogens with zero attached hydrogens (tertiary/aromatic N) is 5. The van der Waals surface area contributed by atoms with Gasteiger partial charge in [-0.25, -0.2) is 15.0 Å². The van der Waals surface area contributed by atoms with Gasteiger partial charge in [0.05, 0.1) is 0 Å². The lowest BCUT2D eigenvalue weighted by Crippen LogP contribution is -2.00. The first-order valence-corrected chi connectivity index (χ1v) is 18.1. The Balaban J connectivity index is 1.07. The van der Waals surface area contributed by atoms with Crippen molar-refractivity contribution in [2.75, 3.05) is 0 Å². The van der Waals surface area contributed by atoms with Gasteiger partial charge in [0, 0.05) is 74.5 Å². The molecule has 0 aliphatic heterocycles. The average molecular weight is 706 g/mol. The standard InChI is InChI=1S/C49H31N5O/c1-3-11-33(12-4-1)47-52-48(34-13-5-2-6-14-34)54-49(53-47)35-23-21-32(22-24-35)41-17-7-19-43-44-20-8-18-42(46(44)55-45(41)43)40-28-38(36-15-9-25-50-30-36)27-39(29-40)37-16-10-26-51-31-37/h1-31H. The third-order valence-corrected chi connectivity index (χ3v) is 9.91. The van der Waals surface area contributed by atoms with E-state index in [0.717, 1.165) is 83.1 Å². The Kier molecular flexibility index (Phi) is 8.04. The SMILES string of the molecule is c1ccc(-c2nc(-c3ccccc3)nc(-c3ccc(-c4cccc5c4oc4c(-c6cc(-c7cccnc7)cc(-c7cccnc7)c6)cccc45)cc3)n2)cc1. The molecule has 0 aliphatic carbocycles. The van der Waals surface area contributed by atoms with Crippen LogP contribution < -0.4 is 0 Å². The molecular weight excluding hydrogens is 675 g/mol. The maximum absolute atomic E-state index is 6.90. The van der Waals surface area contributed by atoms with Gasteiger partial charge in [-0.05, 0) is 52.6 Å². The fraction of sp³-hybridized carbons (Fsp3) is 0. The summed E-state index contributed by atoms with van der Waals surface area (Å²) in [6.45, 7) is 0. The molecule has 6 aromatic carbocycles. The van der Waals surface area contributed by atoms with Gasteiger partial charge < -0.3 is 4.42 Å². The highest BCUT2D eigenvalue weighted by atomic mass is 16.3. The summed E-state index contributed by atoms with van der Waals surface area (Å²) in [5.74, 6) is 1.88. The Morgan fingerprint density at radius 1 is 0.309 bits per heavy atom. The van der Waals surface area contributed by atoms with E-state index >= 15 is 0 Å². The zero-order chi connectivity index (χ0) is 36.6. The smallest absolute Gasteiger partial charge is 0.164 e. The van der Waals surface area contributed by atoms with Crippen LogP contribution >= 0.6 is 0 Å². The second-order valence-corrected chi connectivity index (χ2v) is 13.4.